The molecule has 15 heavy (non-hydrogen) atoms. The molecule has 0 aliphatic heterocycles. The van der Waals surface area contributed by atoms with E-state index >= 15 is 0 Å². The van der Waals surface area contributed by atoms with E-state index in [2.05, 4.69) is 22.9 Å². The number of rotatable bonds is 5. The van der Waals surface area contributed by atoms with E-state index in [1.54, 1.807) is 18.2 Å². The van der Waals surface area contributed by atoms with Crippen LogP contribution in [0.3, 0.4) is 0 Å². The summed E-state index contributed by atoms with van der Waals surface area (Å²) in [5.41, 5.74) is 0.195. The zero-order valence-electron chi connectivity index (χ0n) is 8.50. The van der Waals surface area contributed by atoms with Gasteiger partial charge in [-0.3, -0.25) is 0 Å². The Kier molecular flexibility index (Phi) is 4.62. The molecule has 0 aromatic heterocycles. The van der Waals surface area contributed by atoms with Crippen molar-refractivity contribution in [3.05, 3.63) is 28.2 Å². The highest BCUT2D eigenvalue weighted by molar-refractivity contribution is 9.10. The predicted octanol–water partition coefficient (Wildman–Crippen LogP) is 3.33. The number of benzene rings is 1. The van der Waals surface area contributed by atoms with Gasteiger partial charge in [0.2, 0.25) is 0 Å². The molecular formula is C11H13BrO3. The van der Waals surface area contributed by atoms with Gasteiger partial charge in [-0.2, -0.15) is 0 Å². The van der Waals surface area contributed by atoms with Crippen molar-refractivity contribution < 1.29 is 14.6 Å². The van der Waals surface area contributed by atoms with E-state index in [0.717, 1.165) is 17.3 Å². The third-order valence-corrected chi connectivity index (χ3v) is 2.42. The number of carbonyl (C=O) groups is 1. The van der Waals surface area contributed by atoms with E-state index in [1.165, 1.54) is 0 Å². The first-order chi connectivity index (χ1) is 7.15. The number of carboxylic acids is 1. The molecule has 0 saturated carbocycles. The normalized spacial score (nSPS) is 10.0. The van der Waals surface area contributed by atoms with E-state index in [0.29, 0.717) is 12.4 Å². The standard InChI is InChI=1S/C11H13BrO3/c1-2-3-6-15-10-5-4-8(12)7-9(10)11(13)14/h4-5,7H,2-3,6H2,1H3,(H,13,14). The van der Waals surface area contributed by atoms with Crippen LogP contribution in [0.25, 0.3) is 0 Å². The smallest absolute Gasteiger partial charge is 0.339 e. The zero-order valence-corrected chi connectivity index (χ0v) is 10.1. The second-order valence-electron chi connectivity index (χ2n) is 3.15. The lowest BCUT2D eigenvalue weighted by atomic mass is 10.2. The van der Waals surface area contributed by atoms with Crippen LogP contribution in [0.1, 0.15) is 30.1 Å². The summed E-state index contributed by atoms with van der Waals surface area (Å²) in [4.78, 5) is 10.9. The van der Waals surface area contributed by atoms with Gasteiger partial charge in [-0.05, 0) is 24.6 Å². The Bertz CT molecular complexity index is 350. The number of hydrogen-bond acceptors (Lipinski definition) is 2. The fourth-order valence-electron chi connectivity index (χ4n) is 1.12. The fourth-order valence-corrected chi connectivity index (χ4v) is 1.48. The van der Waals surface area contributed by atoms with Gasteiger partial charge in [0, 0.05) is 4.47 Å². The molecule has 0 heterocycles. The van der Waals surface area contributed by atoms with Gasteiger partial charge in [-0.15, -0.1) is 0 Å². The third-order valence-electron chi connectivity index (χ3n) is 1.93. The molecule has 0 unspecified atom stereocenters. The highest BCUT2D eigenvalue weighted by Crippen LogP contribution is 2.23. The lowest BCUT2D eigenvalue weighted by Gasteiger charge is -2.08. The minimum absolute atomic E-state index is 0.195. The van der Waals surface area contributed by atoms with Gasteiger partial charge < -0.3 is 9.84 Å². The maximum atomic E-state index is 10.9. The van der Waals surface area contributed by atoms with Gasteiger partial charge in [0.15, 0.2) is 0 Å². The lowest BCUT2D eigenvalue weighted by Crippen LogP contribution is -2.04. The SMILES string of the molecule is CCCCOc1ccc(Br)cc1C(=O)O. The highest BCUT2D eigenvalue weighted by Gasteiger charge is 2.11. The molecule has 82 valence electrons. The molecule has 1 N–H and O–H groups in total. The minimum atomic E-state index is -0.970. The summed E-state index contributed by atoms with van der Waals surface area (Å²) in [7, 11) is 0. The average molecular weight is 273 g/mol. The second-order valence-corrected chi connectivity index (χ2v) is 4.06. The van der Waals surface area contributed by atoms with Crippen LogP contribution in [0.15, 0.2) is 22.7 Å². The first-order valence-corrected chi connectivity index (χ1v) is 5.60. The van der Waals surface area contributed by atoms with Crippen LogP contribution >= 0.6 is 15.9 Å². The molecule has 0 atom stereocenters. The van der Waals surface area contributed by atoms with Gasteiger partial charge in [0.25, 0.3) is 0 Å². The third kappa shape index (κ3) is 3.55. The Morgan fingerprint density at radius 3 is 2.87 bits per heavy atom. The van der Waals surface area contributed by atoms with Gasteiger partial charge in [-0.25, -0.2) is 4.79 Å². The Balaban J connectivity index is 2.81. The number of aromatic carboxylic acids is 1. The Hall–Kier alpha value is -1.03. The average Bonchev–Trinajstić information content (AvgIpc) is 2.20. The van der Waals surface area contributed by atoms with Crippen LogP contribution in [0.2, 0.25) is 0 Å². The molecule has 0 amide bonds. The summed E-state index contributed by atoms with van der Waals surface area (Å²) in [6.45, 7) is 2.61. The van der Waals surface area contributed by atoms with Crippen molar-refractivity contribution in [3.63, 3.8) is 0 Å². The molecule has 0 aliphatic rings. The summed E-state index contributed by atoms with van der Waals surface area (Å²) in [6.07, 6.45) is 1.95. The molecular weight excluding hydrogens is 260 g/mol. The number of ether oxygens (including phenoxy) is 1. The summed E-state index contributed by atoms with van der Waals surface area (Å²) in [5, 5.41) is 8.95. The summed E-state index contributed by atoms with van der Waals surface area (Å²) in [6, 6.07) is 4.99. The van der Waals surface area contributed by atoms with Crippen LogP contribution < -0.4 is 4.74 Å². The molecule has 0 saturated heterocycles. The first-order valence-electron chi connectivity index (χ1n) is 4.80. The molecule has 0 bridgehead atoms. The molecule has 1 aromatic carbocycles. The number of hydrogen-bond donors (Lipinski definition) is 1. The molecule has 1 aromatic rings. The Labute approximate surface area is 97.2 Å². The lowest BCUT2D eigenvalue weighted by molar-refractivity contribution is 0.0692. The van der Waals surface area contributed by atoms with Crippen LogP contribution in [0.5, 0.6) is 5.75 Å². The van der Waals surface area contributed by atoms with Crippen LogP contribution in [0.4, 0.5) is 0 Å². The van der Waals surface area contributed by atoms with E-state index in [9.17, 15) is 4.79 Å². The zero-order chi connectivity index (χ0) is 11.3. The molecule has 0 spiro atoms. The predicted molar refractivity (Wildman–Crippen MR) is 61.5 cm³/mol. The van der Waals surface area contributed by atoms with Crippen molar-refractivity contribution >= 4 is 21.9 Å². The van der Waals surface area contributed by atoms with Gasteiger partial charge in [0.05, 0.1) is 6.61 Å². The molecule has 3 nitrogen and oxygen atoms in total. The van der Waals surface area contributed by atoms with E-state index in [4.69, 9.17) is 9.84 Å². The summed E-state index contributed by atoms with van der Waals surface area (Å²) < 4.78 is 6.13. The van der Waals surface area contributed by atoms with E-state index < -0.39 is 5.97 Å². The number of carboxylic acid groups (broad SMARTS) is 1. The quantitative estimate of drug-likeness (QED) is 0.837. The van der Waals surface area contributed by atoms with Crippen molar-refractivity contribution in [2.75, 3.05) is 6.61 Å². The topological polar surface area (TPSA) is 46.5 Å². The van der Waals surface area contributed by atoms with Crippen molar-refractivity contribution in [2.45, 2.75) is 19.8 Å². The van der Waals surface area contributed by atoms with Crippen molar-refractivity contribution in [3.8, 4) is 5.75 Å². The monoisotopic (exact) mass is 272 g/mol. The largest absolute Gasteiger partial charge is 0.493 e. The number of unbranched alkanes of at least 4 members (excludes halogenated alkanes) is 1. The van der Waals surface area contributed by atoms with Gasteiger partial charge >= 0.3 is 5.97 Å². The van der Waals surface area contributed by atoms with Crippen molar-refractivity contribution in [1.29, 1.82) is 0 Å². The molecule has 0 radical (unpaired) electrons. The highest BCUT2D eigenvalue weighted by atomic mass is 79.9. The molecule has 4 heteroatoms. The Morgan fingerprint density at radius 1 is 1.53 bits per heavy atom. The molecule has 0 fully saturated rings. The van der Waals surface area contributed by atoms with Crippen LogP contribution in [-0.4, -0.2) is 17.7 Å². The fraction of sp³-hybridized carbons (Fsp3) is 0.364. The first kappa shape index (κ1) is 12.0. The maximum Gasteiger partial charge on any atom is 0.339 e. The molecule has 0 aliphatic carbocycles. The van der Waals surface area contributed by atoms with Gasteiger partial charge in [-0.1, -0.05) is 29.3 Å². The van der Waals surface area contributed by atoms with Crippen LogP contribution in [-0.2, 0) is 0 Å². The summed E-state index contributed by atoms with van der Waals surface area (Å²) in [5.74, 6) is -0.540. The minimum Gasteiger partial charge on any atom is -0.493 e. The van der Waals surface area contributed by atoms with Crippen LogP contribution in [0, 0.1) is 0 Å². The van der Waals surface area contributed by atoms with Crippen molar-refractivity contribution in [1.82, 2.24) is 0 Å². The maximum absolute atomic E-state index is 10.9. The second kappa shape index (κ2) is 5.75. The van der Waals surface area contributed by atoms with Crippen molar-refractivity contribution in [2.24, 2.45) is 0 Å². The Morgan fingerprint density at radius 2 is 2.27 bits per heavy atom. The molecule has 1 rings (SSSR count). The van der Waals surface area contributed by atoms with Gasteiger partial charge in [0.1, 0.15) is 11.3 Å². The summed E-state index contributed by atoms with van der Waals surface area (Å²) >= 11 is 3.23. The van der Waals surface area contributed by atoms with E-state index in [1.807, 2.05) is 0 Å². The number of halogens is 1. The van der Waals surface area contributed by atoms with E-state index in [-0.39, 0.29) is 5.56 Å².